The smallest absolute Gasteiger partial charge is 0.164 e. The third-order valence-corrected chi connectivity index (χ3v) is 10.5. The minimum Gasteiger partial charge on any atom is -0.393 e. The zero-order chi connectivity index (χ0) is 22.7. The predicted octanol–water partition coefficient (Wildman–Crippen LogP) is 5.70. The van der Waals surface area contributed by atoms with Gasteiger partial charge >= 0.3 is 0 Å². The Balaban J connectivity index is 1.57. The molecule has 2 N–H and O–H groups in total. The van der Waals surface area contributed by atoms with Crippen molar-refractivity contribution in [1.82, 2.24) is 0 Å². The average molecular weight is 429 g/mol. The lowest BCUT2D eigenvalue weighted by Gasteiger charge is -2.55. The first kappa shape index (κ1) is 23.2. The standard InChI is InChI=1S/C28H44O3/c1-16(2)17(3)25(30)26(31)18(4)22-9-10-23-21-8-7-19-15-20(29)11-13-27(19,5)24(21)12-14-28(22,23)6/h7-8,16-18,20,22-25,29-30H,9-15H2,1-6H3/t17-,18+,20+,22-,23+,24+,25?,27+,28-/m1/s1. The van der Waals surface area contributed by atoms with Crippen LogP contribution in [0.4, 0.5) is 0 Å². The molecule has 3 heteroatoms. The van der Waals surface area contributed by atoms with Crippen LogP contribution in [-0.2, 0) is 4.79 Å². The van der Waals surface area contributed by atoms with Gasteiger partial charge in [-0.1, -0.05) is 64.8 Å². The number of carbonyl (C=O) groups is 1. The van der Waals surface area contributed by atoms with Crippen LogP contribution in [0.2, 0.25) is 0 Å². The topological polar surface area (TPSA) is 57.5 Å². The quantitative estimate of drug-likeness (QED) is 0.590. The number of aliphatic hydroxyl groups is 2. The molecule has 4 aliphatic carbocycles. The van der Waals surface area contributed by atoms with Gasteiger partial charge < -0.3 is 10.2 Å². The number of carbonyl (C=O) groups excluding carboxylic acids is 1. The lowest BCUT2D eigenvalue weighted by Crippen LogP contribution is -2.48. The fourth-order valence-electron chi connectivity index (χ4n) is 7.94. The summed E-state index contributed by atoms with van der Waals surface area (Å²) in [6.45, 7) is 13.1. The molecule has 0 aliphatic heterocycles. The summed E-state index contributed by atoms with van der Waals surface area (Å²) < 4.78 is 0. The van der Waals surface area contributed by atoms with Crippen LogP contribution in [0.3, 0.4) is 0 Å². The van der Waals surface area contributed by atoms with Gasteiger partial charge in [-0.15, -0.1) is 0 Å². The summed E-state index contributed by atoms with van der Waals surface area (Å²) in [5.41, 5.74) is 3.42. The highest BCUT2D eigenvalue weighted by Gasteiger charge is 2.57. The van der Waals surface area contributed by atoms with Crippen molar-refractivity contribution in [3.05, 3.63) is 23.3 Å². The van der Waals surface area contributed by atoms with Gasteiger partial charge in [-0.05, 0) is 85.4 Å². The summed E-state index contributed by atoms with van der Waals surface area (Å²) in [5.74, 6) is 1.77. The van der Waals surface area contributed by atoms with Gasteiger partial charge in [-0.3, -0.25) is 4.79 Å². The monoisotopic (exact) mass is 428 g/mol. The Hall–Kier alpha value is -0.930. The fourth-order valence-corrected chi connectivity index (χ4v) is 7.94. The first-order valence-corrected chi connectivity index (χ1v) is 12.8. The molecule has 0 aromatic heterocycles. The van der Waals surface area contributed by atoms with Crippen molar-refractivity contribution >= 4 is 5.78 Å². The van der Waals surface area contributed by atoms with E-state index in [-0.39, 0.29) is 34.6 Å². The third-order valence-electron chi connectivity index (χ3n) is 10.5. The number of hydrogen-bond acceptors (Lipinski definition) is 3. The molecule has 0 radical (unpaired) electrons. The van der Waals surface area contributed by atoms with Crippen molar-refractivity contribution in [3.8, 4) is 0 Å². The van der Waals surface area contributed by atoms with Gasteiger partial charge in [0.2, 0.25) is 0 Å². The Morgan fingerprint density at radius 3 is 2.39 bits per heavy atom. The highest BCUT2D eigenvalue weighted by atomic mass is 16.3. The second-order valence-corrected chi connectivity index (χ2v) is 12.2. The van der Waals surface area contributed by atoms with Gasteiger partial charge in [0.15, 0.2) is 5.78 Å². The van der Waals surface area contributed by atoms with E-state index in [4.69, 9.17) is 0 Å². The number of Topliss-reactive ketones (excluding diaryl/α,β-unsaturated/α-hetero) is 1. The zero-order valence-electron chi connectivity index (χ0n) is 20.5. The summed E-state index contributed by atoms with van der Waals surface area (Å²) in [7, 11) is 0. The van der Waals surface area contributed by atoms with Gasteiger partial charge in [-0.25, -0.2) is 0 Å². The molecular weight excluding hydrogens is 384 g/mol. The maximum absolute atomic E-state index is 13.2. The van der Waals surface area contributed by atoms with Gasteiger partial charge in [0.05, 0.1) is 6.10 Å². The largest absolute Gasteiger partial charge is 0.393 e. The number of fused-ring (bicyclic) bond motifs is 5. The summed E-state index contributed by atoms with van der Waals surface area (Å²) in [6, 6.07) is 0. The third kappa shape index (κ3) is 3.59. The Morgan fingerprint density at radius 2 is 1.71 bits per heavy atom. The van der Waals surface area contributed by atoms with Crippen LogP contribution in [0.25, 0.3) is 0 Å². The number of allylic oxidation sites excluding steroid dienone is 3. The van der Waals surface area contributed by atoms with Crippen LogP contribution in [0.5, 0.6) is 0 Å². The average Bonchev–Trinajstić information content (AvgIpc) is 3.09. The van der Waals surface area contributed by atoms with E-state index >= 15 is 0 Å². The van der Waals surface area contributed by atoms with Crippen LogP contribution in [0.1, 0.15) is 86.5 Å². The fraction of sp³-hybridized carbons (Fsp3) is 0.821. The van der Waals surface area contributed by atoms with E-state index < -0.39 is 6.10 Å². The summed E-state index contributed by atoms with van der Waals surface area (Å²) in [6.07, 6.45) is 11.1. The molecule has 174 valence electrons. The molecule has 0 amide bonds. The molecule has 0 heterocycles. The Labute approximate surface area is 189 Å². The van der Waals surface area contributed by atoms with E-state index in [1.54, 1.807) is 5.57 Å². The van der Waals surface area contributed by atoms with Crippen molar-refractivity contribution in [2.75, 3.05) is 0 Å². The lowest BCUT2D eigenvalue weighted by atomic mass is 9.50. The number of hydrogen-bond donors (Lipinski definition) is 2. The molecule has 0 aromatic rings. The summed E-state index contributed by atoms with van der Waals surface area (Å²) in [4.78, 5) is 13.2. The minimum atomic E-state index is -0.846. The molecule has 4 aliphatic rings. The van der Waals surface area contributed by atoms with Gasteiger partial charge in [-0.2, -0.15) is 0 Å². The van der Waals surface area contributed by atoms with E-state index in [0.717, 1.165) is 25.7 Å². The van der Waals surface area contributed by atoms with Crippen molar-refractivity contribution < 1.29 is 15.0 Å². The normalized spacial score (nSPS) is 42.6. The second kappa shape index (κ2) is 8.13. The van der Waals surface area contributed by atoms with Gasteiger partial charge in [0.25, 0.3) is 0 Å². The SMILES string of the molecule is CC(C)[C@@H](C)C(O)C(=O)[C@@H](C)[C@H]1CC[C@H]2C3=CC=C4C[C@@H](O)CC[C@]4(C)[C@H]3CC[C@]12C. The van der Waals surface area contributed by atoms with Crippen LogP contribution in [0, 0.1) is 46.3 Å². The number of rotatable bonds is 5. The number of ketones is 1. The Morgan fingerprint density at radius 1 is 1.00 bits per heavy atom. The lowest BCUT2D eigenvalue weighted by molar-refractivity contribution is -0.137. The second-order valence-electron chi connectivity index (χ2n) is 12.2. The van der Waals surface area contributed by atoms with Gasteiger partial charge in [0.1, 0.15) is 6.10 Å². The molecule has 3 fully saturated rings. The maximum atomic E-state index is 13.2. The van der Waals surface area contributed by atoms with Gasteiger partial charge in [0, 0.05) is 5.92 Å². The zero-order valence-corrected chi connectivity index (χ0v) is 20.5. The highest BCUT2D eigenvalue weighted by molar-refractivity contribution is 5.85. The predicted molar refractivity (Wildman–Crippen MR) is 125 cm³/mol. The molecule has 1 unspecified atom stereocenters. The van der Waals surface area contributed by atoms with E-state index in [1.165, 1.54) is 24.8 Å². The molecule has 3 saturated carbocycles. The van der Waals surface area contributed by atoms with E-state index in [9.17, 15) is 15.0 Å². The molecule has 0 spiro atoms. The van der Waals surface area contributed by atoms with E-state index in [2.05, 4.69) is 46.8 Å². The molecule has 0 bridgehead atoms. The van der Waals surface area contributed by atoms with Crippen molar-refractivity contribution in [2.45, 2.75) is 98.7 Å². The van der Waals surface area contributed by atoms with Crippen LogP contribution >= 0.6 is 0 Å². The molecule has 31 heavy (non-hydrogen) atoms. The van der Waals surface area contributed by atoms with Crippen LogP contribution in [0.15, 0.2) is 23.3 Å². The molecule has 0 saturated heterocycles. The van der Waals surface area contributed by atoms with Crippen molar-refractivity contribution in [2.24, 2.45) is 46.3 Å². The minimum absolute atomic E-state index is 0.00176. The van der Waals surface area contributed by atoms with Crippen LogP contribution < -0.4 is 0 Å². The Bertz CT molecular complexity index is 779. The van der Waals surface area contributed by atoms with Crippen molar-refractivity contribution in [3.63, 3.8) is 0 Å². The number of aliphatic hydroxyl groups excluding tert-OH is 2. The van der Waals surface area contributed by atoms with E-state index in [1.807, 2.05) is 6.92 Å². The van der Waals surface area contributed by atoms with Crippen LogP contribution in [-0.4, -0.2) is 28.2 Å². The first-order chi connectivity index (χ1) is 14.5. The summed E-state index contributed by atoms with van der Waals surface area (Å²) >= 11 is 0. The molecule has 4 rings (SSSR count). The molecular formula is C28H44O3. The Kier molecular flexibility index (Phi) is 6.10. The highest BCUT2D eigenvalue weighted by Crippen LogP contribution is 2.66. The molecule has 0 aromatic carbocycles. The van der Waals surface area contributed by atoms with E-state index in [0.29, 0.717) is 23.7 Å². The summed E-state index contributed by atoms with van der Waals surface area (Å²) in [5, 5.41) is 21.0. The molecule has 3 nitrogen and oxygen atoms in total. The molecule has 9 atom stereocenters. The maximum Gasteiger partial charge on any atom is 0.164 e. The first-order valence-electron chi connectivity index (χ1n) is 12.8. The van der Waals surface area contributed by atoms with Crippen molar-refractivity contribution in [1.29, 1.82) is 0 Å².